The van der Waals surface area contributed by atoms with Crippen molar-refractivity contribution >= 4 is 11.6 Å². The number of hydrogen-bond donors (Lipinski definition) is 0. The first kappa shape index (κ1) is 15.3. The number of rotatable bonds is 6. The third-order valence-corrected chi connectivity index (χ3v) is 3.17. The number of hydrogen-bond acceptors (Lipinski definition) is 2. The summed E-state index contributed by atoms with van der Waals surface area (Å²) in [5.74, 6) is 0.557. The van der Waals surface area contributed by atoms with Gasteiger partial charge in [0.05, 0.1) is 0 Å². The minimum atomic E-state index is -0.333. The first-order chi connectivity index (χ1) is 6.98. The molecular formula is C14H26O2. The standard InChI is InChI=1S/C14H26O2/c1-10(2)12(16)8-13(4,5)9-14(6,7)11(3)15/h10H,8-9H2,1-7H3. The van der Waals surface area contributed by atoms with E-state index in [1.807, 2.05) is 27.7 Å². The minimum absolute atomic E-state index is 0.0831. The van der Waals surface area contributed by atoms with Crippen LogP contribution in [0.15, 0.2) is 0 Å². The first-order valence-corrected chi connectivity index (χ1v) is 6.02. The molecule has 0 amide bonds. The highest BCUT2D eigenvalue weighted by molar-refractivity contribution is 5.82. The van der Waals surface area contributed by atoms with Crippen molar-refractivity contribution in [2.24, 2.45) is 16.7 Å². The Morgan fingerprint density at radius 2 is 1.50 bits per heavy atom. The maximum absolute atomic E-state index is 11.7. The van der Waals surface area contributed by atoms with E-state index >= 15 is 0 Å². The van der Waals surface area contributed by atoms with Crippen molar-refractivity contribution in [2.45, 2.75) is 61.3 Å². The second kappa shape index (κ2) is 5.11. The molecule has 0 saturated carbocycles. The molecule has 0 heterocycles. The van der Waals surface area contributed by atoms with Crippen molar-refractivity contribution in [3.63, 3.8) is 0 Å². The predicted octanol–water partition coefficient (Wildman–Crippen LogP) is 3.63. The van der Waals surface area contributed by atoms with Gasteiger partial charge in [0.2, 0.25) is 0 Å². The van der Waals surface area contributed by atoms with Crippen LogP contribution in [-0.2, 0) is 9.59 Å². The summed E-state index contributed by atoms with van der Waals surface area (Å²) in [7, 11) is 0. The molecule has 0 unspecified atom stereocenters. The molecule has 0 atom stereocenters. The summed E-state index contributed by atoms with van der Waals surface area (Å²) in [6.07, 6.45) is 1.31. The van der Waals surface area contributed by atoms with Crippen LogP contribution in [0.1, 0.15) is 61.3 Å². The summed E-state index contributed by atoms with van der Waals surface area (Å²) < 4.78 is 0. The van der Waals surface area contributed by atoms with Gasteiger partial charge in [-0.15, -0.1) is 0 Å². The zero-order chi connectivity index (χ0) is 13.1. The van der Waals surface area contributed by atoms with Crippen molar-refractivity contribution in [3.8, 4) is 0 Å². The van der Waals surface area contributed by atoms with Gasteiger partial charge in [0.1, 0.15) is 11.6 Å². The van der Waals surface area contributed by atoms with E-state index in [4.69, 9.17) is 0 Å². The van der Waals surface area contributed by atoms with Gasteiger partial charge < -0.3 is 0 Å². The Morgan fingerprint density at radius 3 is 1.81 bits per heavy atom. The van der Waals surface area contributed by atoms with Crippen LogP contribution in [0, 0.1) is 16.7 Å². The second-order valence-electron chi connectivity index (χ2n) is 6.58. The molecule has 0 aromatic carbocycles. The molecule has 0 fully saturated rings. The Balaban J connectivity index is 4.58. The summed E-state index contributed by atoms with van der Waals surface area (Å²) in [6, 6.07) is 0. The molecule has 0 aliphatic heterocycles. The van der Waals surface area contributed by atoms with Gasteiger partial charge in [-0.2, -0.15) is 0 Å². The van der Waals surface area contributed by atoms with Gasteiger partial charge in [0, 0.05) is 17.8 Å². The molecule has 0 radical (unpaired) electrons. The van der Waals surface area contributed by atoms with Crippen molar-refractivity contribution in [1.29, 1.82) is 0 Å². The monoisotopic (exact) mass is 226 g/mol. The lowest BCUT2D eigenvalue weighted by atomic mass is 9.70. The Labute approximate surface area is 99.8 Å². The number of ketones is 2. The summed E-state index contributed by atoms with van der Waals surface area (Å²) in [4.78, 5) is 23.2. The van der Waals surface area contributed by atoms with E-state index in [1.54, 1.807) is 6.92 Å². The number of carbonyl (C=O) groups is 2. The van der Waals surface area contributed by atoms with Crippen molar-refractivity contribution < 1.29 is 9.59 Å². The Bertz CT molecular complexity index is 272. The van der Waals surface area contributed by atoms with E-state index in [0.717, 1.165) is 6.42 Å². The summed E-state index contributed by atoms with van der Waals surface area (Å²) in [6.45, 7) is 13.5. The molecule has 0 N–H and O–H groups in total. The van der Waals surface area contributed by atoms with Crippen LogP contribution in [0.4, 0.5) is 0 Å². The highest BCUT2D eigenvalue weighted by atomic mass is 16.1. The van der Waals surface area contributed by atoms with Gasteiger partial charge in [-0.05, 0) is 18.8 Å². The van der Waals surface area contributed by atoms with Crippen molar-refractivity contribution in [1.82, 2.24) is 0 Å². The van der Waals surface area contributed by atoms with E-state index in [1.165, 1.54) is 0 Å². The Hall–Kier alpha value is -0.660. The van der Waals surface area contributed by atoms with Gasteiger partial charge in [-0.25, -0.2) is 0 Å². The molecule has 0 saturated heterocycles. The minimum Gasteiger partial charge on any atom is -0.299 e. The maximum Gasteiger partial charge on any atom is 0.135 e. The lowest BCUT2D eigenvalue weighted by Gasteiger charge is -2.33. The summed E-state index contributed by atoms with van der Waals surface area (Å²) in [5.41, 5.74) is -0.433. The topological polar surface area (TPSA) is 34.1 Å². The zero-order valence-corrected chi connectivity index (χ0v) is 11.8. The molecule has 2 heteroatoms. The van der Waals surface area contributed by atoms with Crippen LogP contribution in [-0.4, -0.2) is 11.6 Å². The highest BCUT2D eigenvalue weighted by Crippen LogP contribution is 2.37. The summed E-state index contributed by atoms with van der Waals surface area (Å²) in [5, 5.41) is 0. The molecule has 16 heavy (non-hydrogen) atoms. The maximum atomic E-state index is 11.7. The average molecular weight is 226 g/mol. The quantitative estimate of drug-likeness (QED) is 0.693. The van der Waals surface area contributed by atoms with Gasteiger partial charge in [0.15, 0.2) is 0 Å². The smallest absolute Gasteiger partial charge is 0.135 e. The third-order valence-electron chi connectivity index (χ3n) is 3.17. The largest absolute Gasteiger partial charge is 0.299 e. The SMILES string of the molecule is CC(=O)C(C)(C)CC(C)(C)CC(=O)C(C)C. The Kier molecular flexibility index (Phi) is 4.90. The number of Topliss-reactive ketones (excluding diaryl/α,β-unsaturated/α-hetero) is 2. The van der Waals surface area contributed by atoms with Gasteiger partial charge >= 0.3 is 0 Å². The van der Waals surface area contributed by atoms with E-state index in [9.17, 15) is 9.59 Å². The molecule has 0 spiro atoms. The van der Waals surface area contributed by atoms with E-state index in [0.29, 0.717) is 6.42 Å². The van der Waals surface area contributed by atoms with Gasteiger partial charge in [-0.1, -0.05) is 41.5 Å². The van der Waals surface area contributed by atoms with Crippen LogP contribution in [0.5, 0.6) is 0 Å². The molecule has 0 aliphatic carbocycles. The van der Waals surface area contributed by atoms with Gasteiger partial charge in [-0.3, -0.25) is 9.59 Å². The molecule has 0 aromatic heterocycles. The molecule has 0 rings (SSSR count). The zero-order valence-electron chi connectivity index (χ0n) is 11.8. The lowest BCUT2D eigenvalue weighted by molar-refractivity contribution is -0.129. The van der Waals surface area contributed by atoms with Crippen LogP contribution in [0.2, 0.25) is 0 Å². The van der Waals surface area contributed by atoms with E-state index in [-0.39, 0.29) is 28.3 Å². The fourth-order valence-corrected chi connectivity index (χ4v) is 2.06. The van der Waals surface area contributed by atoms with Crippen LogP contribution in [0.25, 0.3) is 0 Å². The molecule has 0 bridgehead atoms. The molecule has 94 valence electrons. The van der Waals surface area contributed by atoms with Crippen molar-refractivity contribution in [2.75, 3.05) is 0 Å². The normalized spacial score (nSPS) is 13.0. The second-order valence-corrected chi connectivity index (χ2v) is 6.58. The number of carbonyl (C=O) groups excluding carboxylic acids is 2. The predicted molar refractivity (Wildman–Crippen MR) is 67.3 cm³/mol. The van der Waals surface area contributed by atoms with Crippen LogP contribution in [0.3, 0.4) is 0 Å². The molecule has 0 aliphatic rings. The average Bonchev–Trinajstić information content (AvgIpc) is 1.99. The van der Waals surface area contributed by atoms with E-state index < -0.39 is 0 Å². The lowest BCUT2D eigenvalue weighted by Crippen LogP contribution is -2.31. The van der Waals surface area contributed by atoms with Gasteiger partial charge in [0.25, 0.3) is 0 Å². The molecule has 0 aromatic rings. The van der Waals surface area contributed by atoms with Crippen LogP contribution < -0.4 is 0 Å². The Morgan fingerprint density at radius 1 is 1.06 bits per heavy atom. The van der Waals surface area contributed by atoms with E-state index in [2.05, 4.69) is 13.8 Å². The molecule has 2 nitrogen and oxygen atoms in total. The van der Waals surface area contributed by atoms with Crippen LogP contribution >= 0.6 is 0 Å². The fraction of sp³-hybridized carbons (Fsp3) is 0.857. The summed E-state index contributed by atoms with van der Waals surface area (Å²) >= 11 is 0. The first-order valence-electron chi connectivity index (χ1n) is 6.02. The third kappa shape index (κ3) is 4.91. The molecular weight excluding hydrogens is 200 g/mol. The highest BCUT2D eigenvalue weighted by Gasteiger charge is 2.33. The van der Waals surface area contributed by atoms with Crippen molar-refractivity contribution in [3.05, 3.63) is 0 Å². The fourth-order valence-electron chi connectivity index (χ4n) is 2.06.